The number of ether oxygens (including phenoxy) is 1. The molecule has 0 aliphatic rings. The minimum Gasteiger partial charge on any atom is -0.484 e. The van der Waals surface area contributed by atoms with Crippen molar-refractivity contribution in [3.63, 3.8) is 0 Å². The maximum atomic E-state index is 12.2. The fraction of sp³-hybridized carbons (Fsp3) is 0.350. The van der Waals surface area contributed by atoms with Crippen LogP contribution in [-0.4, -0.2) is 12.5 Å². The zero-order chi connectivity index (χ0) is 16.8. The molecule has 23 heavy (non-hydrogen) atoms. The zero-order valence-corrected chi connectivity index (χ0v) is 14.3. The maximum absolute atomic E-state index is 12.2. The third-order valence-corrected chi connectivity index (χ3v) is 4.00. The van der Waals surface area contributed by atoms with E-state index in [4.69, 9.17) is 4.74 Å². The largest absolute Gasteiger partial charge is 0.484 e. The topological polar surface area (TPSA) is 38.3 Å². The number of carbonyl (C=O) groups is 1. The first kappa shape index (κ1) is 17.1. The number of hydrogen-bond acceptors (Lipinski definition) is 2. The molecule has 3 nitrogen and oxygen atoms in total. The molecule has 2 rings (SSSR count). The zero-order valence-electron chi connectivity index (χ0n) is 14.3. The summed E-state index contributed by atoms with van der Waals surface area (Å²) >= 11 is 0. The van der Waals surface area contributed by atoms with Crippen molar-refractivity contribution in [1.82, 2.24) is 5.32 Å². The van der Waals surface area contributed by atoms with Crippen molar-refractivity contribution in [1.29, 1.82) is 0 Å². The van der Waals surface area contributed by atoms with E-state index in [0.29, 0.717) is 0 Å². The van der Waals surface area contributed by atoms with Gasteiger partial charge in [0.05, 0.1) is 6.04 Å². The average molecular weight is 311 g/mol. The molecule has 1 N–H and O–H groups in total. The summed E-state index contributed by atoms with van der Waals surface area (Å²) < 4.78 is 5.62. The molecule has 1 amide bonds. The van der Waals surface area contributed by atoms with Crippen LogP contribution in [0.3, 0.4) is 0 Å². The van der Waals surface area contributed by atoms with E-state index in [0.717, 1.165) is 17.7 Å². The molecule has 2 aromatic rings. The highest BCUT2D eigenvalue weighted by Crippen LogP contribution is 2.22. The second-order valence-electron chi connectivity index (χ2n) is 5.94. The molecule has 0 fully saturated rings. The smallest absolute Gasteiger partial charge is 0.258 e. The van der Waals surface area contributed by atoms with Gasteiger partial charge in [0.15, 0.2) is 6.61 Å². The van der Waals surface area contributed by atoms with Crippen LogP contribution in [0, 0.1) is 20.8 Å². The molecule has 0 saturated carbocycles. The van der Waals surface area contributed by atoms with Crippen LogP contribution in [0.15, 0.2) is 42.5 Å². The van der Waals surface area contributed by atoms with Crippen LogP contribution in [0.25, 0.3) is 0 Å². The van der Waals surface area contributed by atoms with E-state index in [1.165, 1.54) is 16.7 Å². The van der Waals surface area contributed by atoms with E-state index in [9.17, 15) is 4.79 Å². The Morgan fingerprint density at radius 1 is 1.09 bits per heavy atom. The molecule has 0 unspecified atom stereocenters. The van der Waals surface area contributed by atoms with Crippen LogP contribution in [0.2, 0.25) is 0 Å². The van der Waals surface area contributed by atoms with Crippen molar-refractivity contribution in [2.24, 2.45) is 0 Å². The van der Waals surface area contributed by atoms with Gasteiger partial charge in [0.2, 0.25) is 0 Å². The standard InChI is InChI=1S/C20H25NO2/c1-5-18(17-11-10-14(2)12-16(17)4)21-20(22)13-23-19-9-7-6-8-15(19)3/h6-12,18H,5,13H2,1-4H3,(H,21,22)/t18-/m1/s1. The lowest BCUT2D eigenvalue weighted by Gasteiger charge is -2.20. The predicted octanol–water partition coefficient (Wildman–Crippen LogP) is 4.26. The van der Waals surface area contributed by atoms with Crippen molar-refractivity contribution >= 4 is 5.91 Å². The Bertz CT molecular complexity index is 679. The molecule has 3 heteroatoms. The normalized spacial score (nSPS) is 11.8. The molecule has 0 saturated heterocycles. The van der Waals surface area contributed by atoms with E-state index < -0.39 is 0 Å². The third kappa shape index (κ3) is 4.59. The van der Waals surface area contributed by atoms with Gasteiger partial charge in [-0.1, -0.05) is 48.9 Å². The highest BCUT2D eigenvalue weighted by Gasteiger charge is 2.15. The summed E-state index contributed by atoms with van der Waals surface area (Å²) in [5, 5.41) is 3.07. The summed E-state index contributed by atoms with van der Waals surface area (Å²) in [7, 11) is 0. The highest BCUT2D eigenvalue weighted by atomic mass is 16.5. The lowest BCUT2D eigenvalue weighted by molar-refractivity contribution is -0.123. The SMILES string of the molecule is CC[C@@H](NC(=O)COc1ccccc1C)c1ccc(C)cc1C. The van der Waals surface area contributed by atoms with Gasteiger partial charge in [-0.15, -0.1) is 0 Å². The Morgan fingerprint density at radius 2 is 1.83 bits per heavy atom. The van der Waals surface area contributed by atoms with Crippen LogP contribution < -0.4 is 10.1 Å². The summed E-state index contributed by atoms with van der Waals surface area (Å²) in [4.78, 5) is 12.2. The molecule has 1 atom stereocenters. The second kappa shape index (κ2) is 7.82. The Hall–Kier alpha value is -2.29. The van der Waals surface area contributed by atoms with Gasteiger partial charge in [0, 0.05) is 0 Å². The molecular weight excluding hydrogens is 286 g/mol. The number of aryl methyl sites for hydroxylation is 3. The first-order valence-electron chi connectivity index (χ1n) is 8.06. The van der Waals surface area contributed by atoms with Crippen LogP contribution >= 0.6 is 0 Å². The quantitative estimate of drug-likeness (QED) is 0.865. The third-order valence-electron chi connectivity index (χ3n) is 4.00. The summed E-state index contributed by atoms with van der Waals surface area (Å²) in [6.45, 7) is 8.24. The molecule has 0 radical (unpaired) electrons. The monoisotopic (exact) mass is 311 g/mol. The van der Waals surface area contributed by atoms with Crippen molar-refractivity contribution in [2.45, 2.75) is 40.2 Å². The summed E-state index contributed by atoms with van der Waals surface area (Å²) in [5.74, 6) is 0.655. The Labute approximate surface area is 138 Å². The highest BCUT2D eigenvalue weighted by molar-refractivity contribution is 5.78. The van der Waals surface area contributed by atoms with E-state index in [1.807, 2.05) is 31.2 Å². The molecule has 0 aliphatic carbocycles. The van der Waals surface area contributed by atoms with Crippen molar-refractivity contribution < 1.29 is 9.53 Å². The van der Waals surface area contributed by atoms with Gasteiger partial charge in [-0.3, -0.25) is 4.79 Å². The number of carbonyl (C=O) groups excluding carboxylic acids is 1. The number of hydrogen-bond donors (Lipinski definition) is 1. The van der Waals surface area contributed by atoms with Crippen molar-refractivity contribution in [3.8, 4) is 5.75 Å². The predicted molar refractivity (Wildman–Crippen MR) is 93.8 cm³/mol. The number of nitrogens with one attached hydrogen (secondary N) is 1. The fourth-order valence-corrected chi connectivity index (χ4v) is 2.71. The van der Waals surface area contributed by atoms with E-state index in [-0.39, 0.29) is 18.6 Å². The van der Waals surface area contributed by atoms with Crippen LogP contribution in [0.1, 0.15) is 41.6 Å². The molecule has 0 spiro atoms. The number of para-hydroxylation sites is 1. The maximum Gasteiger partial charge on any atom is 0.258 e. The summed E-state index contributed by atoms with van der Waals surface area (Å²) in [5.41, 5.74) is 4.64. The van der Waals surface area contributed by atoms with Crippen LogP contribution in [0.4, 0.5) is 0 Å². The van der Waals surface area contributed by atoms with E-state index in [1.54, 1.807) is 0 Å². The Kier molecular flexibility index (Phi) is 5.80. The number of rotatable bonds is 6. The summed E-state index contributed by atoms with van der Waals surface area (Å²) in [6, 6.07) is 14.1. The van der Waals surface area contributed by atoms with Gasteiger partial charge in [-0.2, -0.15) is 0 Å². The number of benzene rings is 2. The molecular formula is C20H25NO2. The van der Waals surface area contributed by atoms with Crippen molar-refractivity contribution in [3.05, 3.63) is 64.7 Å². The Morgan fingerprint density at radius 3 is 2.48 bits per heavy atom. The molecule has 2 aromatic carbocycles. The van der Waals surface area contributed by atoms with Gasteiger partial charge in [0.1, 0.15) is 5.75 Å². The lowest BCUT2D eigenvalue weighted by Crippen LogP contribution is -2.32. The average Bonchev–Trinajstić information content (AvgIpc) is 2.52. The van der Waals surface area contributed by atoms with Crippen molar-refractivity contribution in [2.75, 3.05) is 6.61 Å². The minimum atomic E-state index is -0.0971. The van der Waals surface area contributed by atoms with Gasteiger partial charge in [0.25, 0.3) is 5.91 Å². The lowest BCUT2D eigenvalue weighted by atomic mass is 9.97. The summed E-state index contributed by atoms with van der Waals surface area (Å²) in [6.07, 6.45) is 0.847. The first-order chi connectivity index (χ1) is 11.0. The molecule has 0 heterocycles. The van der Waals surface area contributed by atoms with Gasteiger partial charge >= 0.3 is 0 Å². The molecule has 122 valence electrons. The molecule has 0 aromatic heterocycles. The van der Waals surface area contributed by atoms with E-state index >= 15 is 0 Å². The fourth-order valence-electron chi connectivity index (χ4n) is 2.71. The Balaban J connectivity index is 1.98. The van der Waals surface area contributed by atoms with Crippen LogP contribution in [-0.2, 0) is 4.79 Å². The number of amides is 1. The second-order valence-corrected chi connectivity index (χ2v) is 5.94. The molecule has 0 aliphatic heterocycles. The van der Waals surface area contributed by atoms with Gasteiger partial charge in [-0.05, 0) is 49.9 Å². The van der Waals surface area contributed by atoms with Gasteiger partial charge < -0.3 is 10.1 Å². The first-order valence-corrected chi connectivity index (χ1v) is 8.06. The molecule has 0 bridgehead atoms. The van der Waals surface area contributed by atoms with Crippen LogP contribution in [0.5, 0.6) is 5.75 Å². The van der Waals surface area contributed by atoms with Gasteiger partial charge in [-0.25, -0.2) is 0 Å². The van der Waals surface area contributed by atoms with E-state index in [2.05, 4.69) is 44.3 Å². The minimum absolute atomic E-state index is 0.0172.